The molecule has 1 fully saturated rings. The van der Waals surface area contributed by atoms with E-state index in [0.717, 1.165) is 35.1 Å². The van der Waals surface area contributed by atoms with E-state index in [1.165, 1.54) is 0 Å². The number of carbonyl (C=O) groups is 3. The van der Waals surface area contributed by atoms with Crippen LogP contribution in [0.3, 0.4) is 0 Å². The number of hydrogen-bond donors (Lipinski definition) is 3. The predicted octanol–water partition coefficient (Wildman–Crippen LogP) is 4.31. The monoisotopic (exact) mass is 464 g/mol. The van der Waals surface area contributed by atoms with Crippen molar-refractivity contribution in [2.45, 2.75) is 51.0 Å². The Morgan fingerprint density at radius 3 is 2.24 bits per heavy atom. The van der Waals surface area contributed by atoms with E-state index in [1.54, 1.807) is 0 Å². The number of benzene rings is 2. The molecule has 2 aliphatic carbocycles. The average molecular weight is 465 g/mol. The van der Waals surface area contributed by atoms with Crippen molar-refractivity contribution in [1.29, 1.82) is 0 Å². The van der Waals surface area contributed by atoms with Gasteiger partial charge in [0.05, 0.1) is 11.8 Å². The maximum absolute atomic E-state index is 12.8. The first kappa shape index (κ1) is 23.8. The number of alkyl carbamates (subject to hydrolysis) is 1. The van der Waals surface area contributed by atoms with Crippen molar-refractivity contribution in [2.24, 2.45) is 11.8 Å². The SMILES string of the molecule is CCC(CNC(=O)OCC1c2ccccc2-c2ccccc21)C(=O)N[C@@H]1CCCC[C@@H]1C(=O)O. The summed E-state index contributed by atoms with van der Waals surface area (Å²) in [5.41, 5.74) is 4.61. The number of carboxylic acids is 1. The highest BCUT2D eigenvalue weighted by Gasteiger charge is 2.33. The van der Waals surface area contributed by atoms with Crippen molar-refractivity contribution in [2.75, 3.05) is 13.2 Å². The molecule has 0 spiro atoms. The van der Waals surface area contributed by atoms with Crippen molar-refractivity contribution >= 4 is 18.0 Å². The molecule has 0 saturated heterocycles. The third-order valence-corrected chi connectivity index (χ3v) is 7.11. The number of fused-ring (bicyclic) bond motifs is 3. The van der Waals surface area contributed by atoms with Crippen molar-refractivity contribution in [1.82, 2.24) is 10.6 Å². The largest absolute Gasteiger partial charge is 0.481 e. The zero-order chi connectivity index (χ0) is 24.1. The first-order valence-corrected chi connectivity index (χ1v) is 12.1. The highest BCUT2D eigenvalue weighted by atomic mass is 16.5. The third kappa shape index (κ3) is 5.08. The Morgan fingerprint density at radius 1 is 1.00 bits per heavy atom. The van der Waals surface area contributed by atoms with E-state index in [1.807, 2.05) is 31.2 Å². The first-order chi connectivity index (χ1) is 16.5. The lowest BCUT2D eigenvalue weighted by molar-refractivity contribution is -0.144. The van der Waals surface area contributed by atoms with Crippen LogP contribution in [0.5, 0.6) is 0 Å². The van der Waals surface area contributed by atoms with Gasteiger partial charge in [0.2, 0.25) is 5.91 Å². The fourth-order valence-electron chi connectivity index (χ4n) is 5.18. The molecule has 3 atom stereocenters. The van der Waals surface area contributed by atoms with Gasteiger partial charge in [-0.1, -0.05) is 68.3 Å². The standard InChI is InChI=1S/C27H32N2O5/c1-2-17(25(30)29-24-14-8-7-13-22(24)26(31)32)15-28-27(33)34-16-23-20-11-5-3-9-18(20)19-10-4-6-12-21(19)23/h3-6,9-12,17,22-24H,2,7-8,13-16H2,1H3,(H,28,33)(H,29,30)(H,31,32)/t17?,22-,24+/m0/s1. The number of rotatable bonds is 8. The summed E-state index contributed by atoms with van der Waals surface area (Å²) in [6.45, 7) is 2.23. The van der Waals surface area contributed by atoms with Crippen LogP contribution in [-0.4, -0.2) is 42.3 Å². The molecule has 2 amide bonds. The molecule has 0 aliphatic heterocycles. The van der Waals surface area contributed by atoms with Crippen LogP contribution in [0, 0.1) is 11.8 Å². The highest BCUT2D eigenvalue weighted by molar-refractivity contribution is 5.81. The molecule has 180 valence electrons. The second-order valence-electron chi connectivity index (χ2n) is 9.16. The highest BCUT2D eigenvalue weighted by Crippen LogP contribution is 2.44. The van der Waals surface area contributed by atoms with Crippen LogP contribution in [0.15, 0.2) is 48.5 Å². The molecule has 3 N–H and O–H groups in total. The summed E-state index contributed by atoms with van der Waals surface area (Å²) >= 11 is 0. The zero-order valence-corrected chi connectivity index (χ0v) is 19.5. The molecule has 1 saturated carbocycles. The molecule has 34 heavy (non-hydrogen) atoms. The fraction of sp³-hybridized carbons (Fsp3) is 0.444. The Bertz CT molecular complexity index is 1010. The topological polar surface area (TPSA) is 105 Å². The summed E-state index contributed by atoms with van der Waals surface area (Å²) in [6, 6.07) is 15.9. The van der Waals surface area contributed by atoms with E-state index >= 15 is 0 Å². The van der Waals surface area contributed by atoms with Gasteiger partial charge in [-0.3, -0.25) is 9.59 Å². The van der Waals surface area contributed by atoms with Crippen molar-refractivity contribution in [3.05, 3.63) is 59.7 Å². The predicted molar refractivity (Wildman–Crippen MR) is 128 cm³/mol. The van der Waals surface area contributed by atoms with Crippen LogP contribution in [-0.2, 0) is 14.3 Å². The van der Waals surface area contributed by atoms with Crippen LogP contribution < -0.4 is 10.6 Å². The molecule has 1 unspecified atom stereocenters. The minimum atomic E-state index is -0.866. The minimum absolute atomic E-state index is 0.0253. The van der Waals surface area contributed by atoms with E-state index in [0.29, 0.717) is 19.3 Å². The number of amides is 2. The van der Waals surface area contributed by atoms with Gasteiger partial charge in [-0.25, -0.2) is 4.79 Å². The van der Waals surface area contributed by atoms with E-state index in [4.69, 9.17) is 4.74 Å². The Kier molecular flexibility index (Phi) is 7.50. The summed E-state index contributed by atoms with van der Waals surface area (Å²) in [4.78, 5) is 36.7. The van der Waals surface area contributed by atoms with Gasteiger partial charge in [0.1, 0.15) is 6.61 Å². The van der Waals surface area contributed by atoms with E-state index in [-0.39, 0.29) is 31.0 Å². The first-order valence-electron chi connectivity index (χ1n) is 12.1. The van der Waals surface area contributed by atoms with Gasteiger partial charge in [-0.05, 0) is 41.5 Å². The fourth-order valence-corrected chi connectivity index (χ4v) is 5.18. The van der Waals surface area contributed by atoms with Gasteiger partial charge in [0.25, 0.3) is 0 Å². The van der Waals surface area contributed by atoms with Gasteiger partial charge in [0.15, 0.2) is 0 Å². The Labute approximate surface area is 199 Å². The summed E-state index contributed by atoms with van der Waals surface area (Å²) in [5, 5.41) is 15.1. The normalized spacial score (nSPS) is 20.0. The number of hydrogen-bond acceptors (Lipinski definition) is 4. The molecule has 7 nitrogen and oxygen atoms in total. The van der Waals surface area contributed by atoms with Crippen LogP contribution in [0.1, 0.15) is 56.1 Å². The maximum Gasteiger partial charge on any atom is 0.407 e. The van der Waals surface area contributed by atoms with Gasteiger partial charge in [0, 0.05) is 18.5 Å². The Morgan fingerprint density at radius 2 is 1.62 bits per heavy atom. The van der Waals surface area contributed by atoms with E-state index in [9.17, 15) is 19.5 Å². The number of ether oxygens (including phenoxy) is 1. The van der Waals surface area contributed by atoms with Crippen molar-refractivity contribution < 1.29 is 24.2 Å². The molecule has 2 aromatic carbocycles. The lowest BCUT2D eigenvalue weighted by atomic mass is 9.84. The quantitative estimate of drug-likeness (QED) is 0.540. The molecular weight excluding hydrogens is 432 g/mol. The van der Waals surface area contributed by atoms with Crippen LogP contribution in [0.4, 0.5) is 4.79 Å². The molecule has 0 bridgehead atoms. The smallest absolute Gasteiger partial charge is 0.407 e. The summed E-state index contributed by atoms with van der Waals surface area (Å²) in [7, 11) is 0. The second-order valence-corrected chi connectivity index (χ2v) is 9.16. The molecule has 7 heteroatoms. The minimum Gasteiger partial charge on any atom is -0.481 e. The molecule has 2 aromatic rings. The van der Waals surface area contributed by atoms with E-state index < -0.39 is 23.9 Å². The number of nitrogens with one attached hydrogen (secondary N) is 2. The van der Waals surface area contributed by atoms with Gasteiger partial charge < -0.3 is 20.5 Å². The molecule has 4 rings (SSSR count). The number of carboxylic acid groups (broad SMARTS) is 1. The average Bonchev–Trinajstić information content (AvgIpc) is 3.17. The number of aliphatic carboxylic acids is 1. The number of carbonyl (C=O) groups excluding carboxylic acids is 2. The lowest BCUT2D eigenvalue weighted by Gasteiger charge is -2.30. The Hall–Kier alpha value is -3.35. The third-order valence-electron chi connectivity index (χ3n) is 7.11. The molecule has 0 radical (unpaired) electrons. The molecular formula is C27H32N2O5. The van der Waals surface area contributed by atoms with Gasteiger partial charge in [-0.2, -0.15) is 0 Å². The molecule has 2 aliphatic rings. The summed E-state index contributed by atoms with van der Waals surface area (Å²) in [5.74, 6) is -2.11. The van der Waals surface area contributed by atoms with Crippen molar-refractivity contribution in [3.8, 4) is 11.1 Å². The van der Waals surface area contributed by atoms with Crippen molar-refractivity contribution in [3.63, 3.8) is 0 Å². The Balaban J connectivity index is 1.30. The second kappa shape index (κ2) is 10.7. The maximum atomic E-state index is 12.8. The zero-order valence-electron chi connectivity index (χ0n) is 19.5. The van der Waals surface area contributed by atoms with Crippen LogP contribution in [0.2, 0.25) is 0 Å². The summed E-state index contributed by atoms with van der Waals surface area (Å²) < 4.78 is 5.55. The van der Waals surface area contributed by atoms with Gasteiger partial charge >= 0.3 is 12.1 Å². The van der Waals surface area contributed by atoms with E-state index in [2.05, 4.69) is 34.9 Å². The van der Waals surface area contributed by atoms with Gasteiger partial charge in [-0.15, -0.1) is 0 Å². The molecule has 0 aromatic heterocycles. The van der Waals surface area contributed by atoms with Crippen LogP contribution >= 0.6 is 0 Å². The lowest BCUT2D eigenvalue weighted by Crippen LogP contribution is -2.48. The summed E-state index contributed by atoms with van der Waals surface area (Å²) in [6.07, 6.45) is 2.98. The molecule has 0 heterocycles. The van der Waals surface area contributed by atoms with Crippen LogP contribution in [0.25, 0.3) is 11.1 Å².